The molecule has 1 N–H and O–H groups in total. The van der Waals surface area contributed by atoms with E-state index in [0.29, 0.717) is 5.56 Å². The molecule has 0 saturated heterocycles. The molecule has 5 heteroatoms. The first kappa shape index (κ1) is 22.7. The third-order valence-corrected chi connectivity index (χ3v) is 5.22. The van der Waals surface area contributed by atoms with Gasteiger partial charge in [0.2, 0.25) is 0 Å². The van der Waals surface area contributed by atoms with Crippen LogP contribution in [0.1, 0.15) is 50.3 Å². The SMILES string of the molecule is C=CCC1(NC(C)=NC)CCc2ccc(-c3cccc(C(F)(F)F)c3)cc21.CC. The lowest BCUT2D eigenvalue weighted by Gasteiger charge is -2.32. The van der Waals surface area contributed by atoms with Crippen LogP contribution in [-0.4, -0.2) is 12.9 Å². The van der Waals surface area contributed by atoms with E-state index < -0.39 is 11.7 Å². The highest BCUT2D eigenvalue weighted by atomic mass is 19.4. The average molecular weight is 403 g/mol. The summed E-state index contributed by atoms with van der Waals surface area (Å²) in [6.45, 7) is 9.81. The van der Waals surface area contributed by atoms with Crippen molar-refractivity contribution in [3.63, 3.8) is 0 Å². The molecule has 1 unspecified atom stereocenters. The Morgan fingerprint density at radius 2 is 1.86 bits per heavy atom. The molecule has 0 heterocycles. The summed E-state index contributed by atoms with van der Waals surface area (Å²) in [5.74, 6) is 0.828. The third-order valence-electron chi connectivity index (χ3n) is 5.22. The molecule has 3 rings (SSSR count). The maximum atomic E-state index is 13.1. The Balaban J connectivity index is 0.00000145. The average Bonchev–Trinajstić information content (AvgIpc) is 3.06. The van der Waals surface area contributed by atoms with Crippen molar-refractivity contribution in [2.75, 3.05) is 7.05 Å². The molecule has 1 atom stereocenters. The zero-order valence-electron chi connectivity index (χ0n) is 17.5. The Labute approximate surface area is 171 Å². The Hall–Kier alpha value is -2.56. The van der Waals surface area contributed by atoms with Gasteiger partial charge in [0.25, 0.3) is 0 Å². The molecule has 0 aliphatic heterocycles. The molecule has 1 aliphatic carbocycles. The van der Waals surface area contributed by atoms with E-state index in [0.717, 1.165) is 42.3 Å². The normalized spacial score (nSPS) is 18.5. The van der Waals surface area contributed by atoms with Crippen LogP contribution in [0.15, 0.2) is 60.1 Å². The summed E-state index contributed by atoms with van der Waals surface area (Å²) in [7, 11) is 1.73. The standard InChI is InChI=1S/C22H23F3N2.C2H6/c1-4-11-21(27-15(2)26-3)12-10-16-8-9-18(14-20(16)21)17-6-5-7-19(13-17)22(23,24)25;1-2/h4-9,13-14H,1,10-12H2,2-3H3,(H,26,27);1-2H3. The van der Waals surface area contributed by atoms with Crippen molar-refractivity contribution in [2.24, 2.45) is 4.99 Å². The minimum Gasteiger partial charge on any atom is -0.364 e. The number of rotatable bonds is 4. The van der Waals surface area contributed by atoms with Crippen molar-refractivity contribution in [1.29, 1.82) is 0 Å². The predicted octanol–water partition coefficient (Wildman–Crippen LogP) is 6.75. The van der Waals surface area contributed by atoms with E-state index in [1.165, 1.54) is 17.7 Å². The molecule has 156 valence electrons. The van der Waals surface area contributed by atoms with Crippen molar-refractivity contribution in [3.05, 3.63) is 71.8 Å². The third kappa shape index (κ3) is 4.89. The number of halogens is 3. The zero-order chi connectivity index (χ0) is 21.7. The van der Waals surface area contributed by atoms with Crippen LogP contribution >= 0.6 is 0 Å². The first-order valence-electron chi connectivity index (χ1n) is 9.92. The number of alkyl halides is 3. The van der Waals surface area contributed by atoms with Crippen molar-refractivity contribution < 1.29 is 13.2 Å². The number of benzene rings is 2. The van der Waals surface area contributed by atoms with Crippen LogP contribution in [-0.2, 0) is 18.1 Å². The number of hydrogen-bond donors (Lipinski definition) is 1. The minimum atomic E-state index is -4.35. The van der Waals surface area contributed by atoms with E-state index in [-0.39, 0.29) is 5.54 Å². The molecule has 2 nitrogen and oxygen atoms in total. The largest absolute Gasteiger partial charge is 0.416 e. The van der Waals surface area contributed by atoms with Crippen LogP contribution in [0, 0.1) is 0 Å². The summed E-state index contributed by atoms with van der Waals surface area (Å²) in [5.41, 5.74) is 2.71. The lowest BCUT2D eigenvalue weighted by Crippen LogP contribution is -2.43. The van der Waals surface area contributed by atoms with Gasteiger partial charge in [-0.3, -0.25) is 4.99 Å². The number of nitrogens with zero attached hydrogens (tertiary/aromatic N) is 1. The van der Waals surface area contributed by atoms with Crippen LogP contribution in [0.5, 0.6) is 0 Å². The molecule has 2 aromatic carbocycles. The first-order chi connectivity index (χ1) is 13.8. The molecule has 0 aromatic heterocycles. The fourth-order valence-electron chi connectivity index (χ4n) is 3.82. The second kappa shape index (κ2) is 9.29. The highest BCUT2D eigenvalue weighted by Gasteiger charge is 2.38. The van der Waals surface area contributed by atoms with Crippen LogP contribution in [0.25, 0.3) is 11.1 Å². The summed E-state index contributed by atoms with van der Waals surface area (Å²) in [6.07, 6.45) is 0.0553. The fourth-order valence-corrected chi connectivity index (χ4v) is 3.82. The molecule has 0 radical (unpaired) electrons. The molecule has 0 saturated carbocycles. The maximum absolute atomic E-state index is 13.1. The molecule has 0 bridgehead atoms. The van der Waals surface area contributed by atoms with Crippen molar-refractivity contribution in [1.82, 2.24) is 5.32 Å². The number of amidine groups is 1. The van der Waals surface area contributed by atoms with Crippen molar-refractivity contribution in [2.45, 2.75) is 51.7 Å². The molecule has 1 aliphatic rings. The van der Waals surface area contributed by atoms with Gasteiger partial charge in [-0.05, 0) is 66.6 Å². The fraction of sp³-hybridized carbons (Fsp3) is 0.375. The van der Waals surface area contributed by atoms with Gasteiger partial charge in [-0.1, -0.05) is 44.2 Å². The molecular weight excluding hydrogens is 373 g/mol. The molecule has 0 amide bonds. The molecule has 0 spiro atoms. The van der Waals surface area contributed by atoms with E-state index in [1.54, 1.807) is 13.1 Å². The highest BCUT2D eigenvalue weighted by molar-refractivity contribution is 5.81. The lowest BCUT2D eigenvalue weighted by atomic mass is 9.86. The summed E-state index contributed by atoms with van der Waals surface area (Å²) in [6, 6.07) is 11.4. The van der Waals surface area contributed by atoms with Gasteiger partial charge < -0.3 is 5.32 Å². The number of fused-ring (bicyclic) bond motifs is 1. The lowest BCUT2D eigenvalue weighted by molar-refractivity contribution is -0.137. The van der Waals surface area contributed by atoms with Gasteiger partial charge in [-0.15, -0.1) is 6.58 Å². The van der Waals surface area contributed by atoms with E-state index >= 15 is 0 Å². The number of nitrogens with one attached hydrogen (secondary N) is 1. The number of aryl methyl sites for hydroxylation is 1. The number of hydrogen-bond acceptors (Lipinski definition) is 1. The maximum Gasteiger partial charge on any atom is 0.416 e. The monoisotopic (exact) mass is 402 g/mol. The second-order valence-corrected chi connectivity index (χ2v) is 6.96. The molecule has 2 aromatic rings. The quantitative estimate of drug-likeness (QED) is 0.341. The van der Waals surface area contributed by atoms with E-state index in [1.807, 2.05) is 45.0 Å². The van der Waals surface area contributed by atoms with Gasteiger partial charge in [0.05, 0.1) is 16.9 Å². The Morgan fingerprint density at radius 3 is 2.48 bits per heavy atom. The van der Waals surface area contributed by atoms with Crippen molar-refractivity contribution in [3.8, 4) is 11.1 Å². The van der Waals surface area contributed by atoms with Gasteiger partial charge in [0.1, 0.15) is 0 Å². The Morgan fingerprint density at radius 1 is 1.17 bits per heavy atom. The van der Waals surface area contributed by atoms with Crippen LogP contribution in [0.4, 0.5) is 13.2 Å². The number of aliphatic imine (C=N–C) groups is 1. The van der Waals surface area contributed by atoms with Gasteiger partial charge in [0.15, 0.2) is 0 Å². The zero-order valence-corrected chi connectivity index (χ0v) is 17.5. The molecule has 29 heavy (non-hydrogen) atoms. The summed E-state index contributed by atoms with van der Waals surface area (Å²) >= 11 is 0. The van der Waals surface area contributed by atoms with Crippen LogP contribution < -0.4 is 5.32 Å². The summed E-state index contributed by atoms with van der Waals surface area (Å²) in [5, 5.41) is 3.51. The summed E-state index contributed by atoms with van der Waals surface area (Å²) in [4.78, 5) is 4.22. The summed E-state index contributed by atoms with van der Waals surface area (Å²) < 4.78 is 39.2. The van der Waals surface area contributed by atoms with Crippen LogP contribution in [0.3, 0.4) is 0 Å². The Kier molecular flexibility index (Phi) is 7.28. The first-order valence-corrected chi connectivity index (χ1v) is 9.92. The van der Waals surface area contributed by atoms with Gasteiger partial charge >= 0.3 is 6.18 Å². The Bertz CT molecular complexity index is 884. The smallest absolute Gasteiger partial charge is 0.364 e. The molecular formula is C24H29F3N2. The van der Waals surface area contributed by atoms with Crippen LogP contribution in [0.2, 0.25) is 0 Å². The molecule has 0 fully saturated rings. The van der Waals surface area contributed by atoms with Gasteiger partial charge in [-0.2, -0.15) is 13.2 Å². The topological polar surface area (TPSA) is 24.4 Å². The van der Waals surface area contributed by atoms with E-state index in [2.05, 4.69) is 16.9 Å². The van der Waals surface area contributed by atoms with Gasteiger partial charge in [-0.25, -0.2) is 0 Å². The van der Waals surface area contributed by atoms with Crippen molar-refractivity contribution >= 4 is 5.84 Å². The van der Waals surface area contributed by atoms with E-state index in [9.17, 15) is 13.2 Å². The minimum absolute atomic E-state index is 0.321. The highest BCUT2D eigenvalue weighted by Crippen LogP contribution is 2.42. The predicted molar refractivity (Wildman–Crippen MR) is 115 cm³/mol. The van der Waals surface area contributed by atoms with E-state index in [4.69, 9.17) is 0 Å². The van der Waals surface area contributed by atoms with Gasteiger partial charge in [0, 0.05) is 7.05 Å². The second-order valence-electron chi connectivity index (χ2n) is 6.96.